The monoisotopic (exact) mass is 529 g/mol. The van der Waals surface area contributed by atoms with E-state index in [1.807, 2.05) is 0 Å². The first-order valence-electron chi connectivity index (χ1n) is 14.3. The average Bonchev–Trinajstić information content (AvgIpc) is 2.93. The molecule has 1 unspecified atom stereocenters. The van der Waals surface area contributed by atoms with Crippen molar-refractivity contribution in [3.8, 4) is 0 Å². The molecule has 36 heavy (non-hydrogen) atoms. The minimum absolute atomic E-state index is 0.145. The topological polar surface area (TPSA) is 97.4 Å². The summed E-state index contributed by atoms with van der Waals surface area (Å²) in [4.78, 5) is 21.4. The van der Waals surface area contributed by atoms with Gasteiger partial charge in [0.15, 0.2) is 11.0 Å². The fourth-order valence-electron chi connectivity index (χ4n) is 6.39. The first kappa shape index (κ1) is 28.2. The quantitative estimate of drug-likeness (QED) is 0.343. The molecule has 0 saturated carbocycles. The van der Waals surface area contributed by atoms with Gasteiger partial charge in [-0.15, -0.1) is 0 Å². The van der Waals surface area contributed by atoms with Crippen LogP contribution < -0.4 is 5.48 Å². The molecule has 0 aromatic rings. The molecule has 208 valence electrons. The highest BCUT2D eigenvalue weighted by Crippen LogP contribution is 2.38. The number of rotatable bonds is 10. The number of carbonyl (C=O) groups is 1. The van der Waals surface area contributed by atoms with Crippen molar-refractivity contribution in [3.05, 3.63) is 0 Å². The Kier molecular flexibility index (Phi) is 10.5. The summed E-state index contributed by atoms with van der Waals surface area (Å²) in [5, 5.41) is 0. The van der Waals surface area contributed by atoms with E-state index in [-0.39, 0.29) is 26.1 Å². The Balaban J connectivity index is 1.31. The average molecular weight is 530 g/mol. The summed E-state index contributed by atoms with van der Waals surface area (Å²) in [6.45, 7) is 7.86. The minimum atomic E-state index is -3.86. The highest BCUT2D eigenvalue weighted by atomic mass is 32.2. The van der Waals surface area contributed by atoms with E-state index in [4.69, 9.17) is 14.3 Å². The Hall–Kier alpha value is -0.780. The molecule has 9 nitrogen and oxygen atoms in total. The van der Waals surface area contributed by atoms with Crippen molar-refractivity contribution < 1.29 is 27.5 Å². The standard InChI is InChI=1S/C26H47N3O6S/c1-2-3-5-14-28-15-8-22(9-16-28)23-10-17-29(18-11-23)36(31,32)26(12-20-33-21-13-26)25(30)27-35-24-7-4-6-19-34-24/h22-24H,2-21H2,1H3,(H,27,30). The van der Waals surface area contributed by atoms with Crippen molar-refractivity contribution in [3.63, 3.8) is 0 Å². The van der Waals surface area contributed by atoms with Crippen molar-refractivity contribution in [1.29, 1.82) is 0 Å². The zero-order valence-electron chi connectivity index (χ0n) is 22.1. The lowest BCUT2D eigenvalue weighted by Gasteiger charge is -2.43. The smallest absolute Gasteiger partial charge is 0.266 e. The number of ether oxygens (including phenoxy) is 2. The Bertz CT molecular complexity index is 782. The zero-order chi connectivity index (χ0) is 25.4. The maximum Gasteiger partial charge on any atom is 0.266 e. The Morgan fingerprint density at radius 3 is 2.22 bits per heavy atom. The van der Waals surface area contributed by atoms with Crippen molar-refractivity contribution in [2.45, 2.75) is 95.0 Å². The van der Waals surface area contributed by atoms with Gasteiger partial charge in [0.1, 0.15) is 0 Å². The lowest BCUT2D eigenvalue weighted by atomic mass is 9.79. The van der Waals surface area contributed by atoms with E-state index in [2.05, 4.69) is 17.3 Å². The van der Waals surface area contributed by atoms with Gasteiger partial charge in [0, 0.05) is 52.2 Å². The van der Waals surface area contributed by atoms with Crippen LogP contribution in [0.2, 0.25) is 0 Å². The second kappa shape index (κ2) is 13.3. The highest BCUT2D eigenvalue weighted by Gasteiger charge is 2.55. The molecule has 10 heteroatoms. The lowest BCUT2D eigenvalue weighted by molar-refractivity contribution is -0.202. The molecule has 4 rings (SSSR count). The molecule has 4 aliphatic heterocycles. The molecular formula is C26H47N3O6S. The second-order valence-corrected chi connectivity index (χ2v) is 13.3. The highest BCUT2D eigenvalue weighted by molar-refractivity contribution is 7.91. The number of hydrogen-bond donors (Lipinski definition) is 1. The fraction of sp³-hybridized carbons (Fsp3) is 0.962. The summed E-state index contributed by atoms with van der Waals surface area (Å²) in [6.07, 6.45) is 10.4. The molecule has 4 saturated heterocycles. The third-order valence-electron chi connectivity index (χ3n) is 8.84. The van der Waals surface area contributed by atoms with E-state index >= 15 is 0 Å². The van der Waals surface area contributed by atoms with E-state index in [1.54, 1.807) is 4.31 Å². The summed E-state index contributed by atoms with van der Waals surface area (Å²) in [5.74, 6) is 0.666. The number of carbonyl (C=O) groups excluding carboxylic acids is 1. The summed E-state index contributed by atoms with van der Waals surface area (Å²) in [6, 6.07) is 0. The molecule has 1 N–H and O–H groups in total. The molecule has 0 radical (unpaired) electrons. The molecule has 0 bridgehead atoms. The Morgan fingerprint density at radius 1 is 0.944 bits per heavy atom. The molecule has 0 spiro atoms. The number of hydroxylamine groups is 1. The van der Waals surface area contributed by atoms with Gasteiger partial charge in [-0.05, 0) is 76.4 Å². The van der Waals surface area contributed by atoms with E-state index < -0.39 is 27.0 Å². The van der Waals surface area contributed by atoms with Crippen molar-refractivity contribution >= 4 is 15.9 Å². The van der Waals surface area contributed by atoms with Gasteiger partial charge in [-0.1, -0.05) is 19.8 Å². The molecule has 1 amide bonds. The summed E-state index contributed by atoms with van der Waals surface area (Å²) >= 11 is 0. The van der Waals surface area contributed by atoms with E-state index in [9.17, 15) is 13.2 Å². The van der Waals surface area contributed by atoms with Crippen LogP contribution in [0.4, 0.5) is 0 Å². The van der Waals surface area contributed by atoms with E-state index in [0.717, 1.165) is 25.7 Å². The van der Waals surface area contributed by atoms with Crippen molar-refractivity contribution in [2.24, 2.45) is 11.8 Å². The molecular weight excluding hydrogens is 482 g/mol. The predicted octanol–water partition coefficient (Wildman–Crippen LogP) is 3.05. The van der Waals surface area contributed by atoms with Gasteiger partial charge in [-0.3, -0.25) is 4.79 Å². The molecule has 4 aliphatic rings. The number of unbranched alkanes of at least 4 members (excludes halogenated alkanes) is 2. The van der Waals surface area contributed by atoms with Crippen LogP contribution in [0.15, 0.2) is 0 Å². The fourth-order valence-corrected chi connectivity index (χ4v) is 8.53. The van der Waals surface area contributed by atoms with Gasteiger partial charge in [0.2, 0.25) is 10.0 Å². The van der Waals surface area contributed by atoms with Crippen LogP contribution in [0.25, 0.3) is 0 Å². The Labute approximate surface area is 217 Å². The van der Waals surface area contributed by atoms with Gasteiger partial charge < -0.3 is 14.4 Å². The van der Waals surface area contributed by atoms with Crippen LogP contribution in [0.3, 0.4) is 0 Å². The molecule has 4 fully saturated rings. The third-order valence-corrected chi connectivity index (χ3v) is 11.5. The SMILES string of the molecule is CCCCCN1CCC(C2CCN(S(=O)(=O)C3(C(=O)NOC4CCCCO4)CCOCC3)CC2)CC1. The predicted molar refractivity (Wildman–Crippen MR) is 138 cm³/mol. The third kappa shape index (κ3) is 6.61. The zero-order valence-corrected chi connectivity index (χ0v) is 22.9. The van der Waals surface area contributed by atoms with E-state index in [0.29, 0.717) is 38.0 Å². The number of amides is 1. The number of nitrogens with one attached hydrogen (secondary N) is 1. The van der Waals surface area contributed by atoms with Crippen LogP contribution in [-0.4, -0.2) is 87.1 Å². The maximum absolute atomic E-state index is 13.9. The molecule has 0 aromatic carbocycles. The molecule has 1 atom stereocenters. The first-order valence-corrected chi connectivity index (χ1v) is 15.8. The minimum Gasteiger partial charge on any atom is -0.381 e. The summed E-state index contributed by atoms with van der Waals surface area (Å²) in [7, 11) is -3.86. The van der Waals surface area contributed by atoms with Crippen molar-refractivity contribution in [1.82, 2.24) is 14.7 Å². The van der Waals surface area contributed by atoms with Crippen LogP contribution in [0.1, 0.15) is 84.0 Å². The number of sulfonamides is 1. The Morgan fingerprint density at radius 2 is 1.61 bits per heavy atom. The number of hydrogen-bond acceptors (Lipinski definition) is 7. The van der Waals surface area contributed by atoms with Crippen LogP contribution in [-0.2, 0) is 29.1 Å². The van der Waals surface area contributed by atoms with Gasteiger partial charge in [-0.2, -0.15) is 0 Å². The van der Waals surface area contributed by atoms with Gasteiger partial charge >= 0.3 is 0 Å². The van der Waals surface area contributed by atoms with Crippen LogP contribution in [0, 0.1) is 11.8 Å². The summed E-state index contributed by atoms with van der Waals surface area (Å²) < 4.78 is 38.9. The van der Waals surface area contributed by atoms with Gasteiger partial charge in [0.05, 0.1) is 0 Å². The maximum atomic E-state index is 13.9. The van der Waals surface area contributed by atoms with Crippen LogP contribution >= 0.6 is 0 Å². The lowest BCUT2D eigenvalue weighted by Crippen LogP contribution is -2.61. The van der Waals surface area contributed by atoms with Gasteiger partial charge in [0.25, 0.3) is 5.91 Å². The van der Waals surface area contributed by atoms with E-state index in [1.165, 1.54) is 51.7 Å². The second-order valence-electron chi connectivity index (χ2n) is 11.1. The number of likely N-dealkylation sites (tertiary alicyclic amines) is 1. The number of nitrogens with zero attached hydrogens (tertiary/aromatic N) is 2. The van der Waals surface area contributed by atoms with Crippen LogP contribution in [0.5, 0.6) is 0 Å². The van der Waals surface area contributed by atoms with Gasteiger partial charge in [-0.25, -0.2) is 23.0 Å². The molecule has 4 heterocycles. The van der Waals surface area contributed by atoms with Crippen molar-refractivity contribution in [2.75, 3.05) is 52.5 Å². The normalized spacial score (nSPS) is 27.6. The summed E-state index contributed by atoms with van der Waals surface area (Å²) in [5.41, 5.74) is 2.46. The molecule has 0 aromatic heterocycles. The first-order chi connectivity index (χ1) is 17.5. The molecule has 0 aliphatic carbocycles. The largest absolute Gasteiger partial charge is 0.381 e. The number of piperidine rings is 2.